The van der Waals surface area contributed by atoms with Crippen LogP contribution in [0.15, 0.2) is 40.8 Å². The molecule has 0 aliphatic carbocycles. The van der Waals surface area contributed by atoms with Crippen LogP contribution < -0.4 is 4.74 Å². The monoisotopic (exact) mass is 356 g/mol. The number of ketones is 1. The molecular weight excluding hydrogens is 339 g/mol. The second kappa shape index (κ2) is 7.83. The lowest BCUT2D eigenvalue weighted by Gasteiger charge is -2.17. The highest BCUT2D eigenvalue weighted by molar-refractivity contribution is 6.10. The third kappa shape index (κ3) is 3.91. The second-order valence-corrected chi connectivity index (χ2v) is 5.97. The number of nitrogens with zero attached hydrogens (tertiary/aromatic N) is 2. The summed E-state index contributed by atoms with van der Waals surface area (Å²) in [5, 5.41) is 9.25. The highest BCUT2D eigenvalue weighted by Crippen LogP contribution is 2.19. The second-order valence-electron chi connectivity index (χ2n) is 5.97. The van der Waals surface area contributed by atoms with Gasteiger partial charge in [0, 0.05) is 13.1 Å². The summed E-state index contributed by atoms with van der Waals surface area (Å²) >= 11 is 0. The number of furan rings is 1. The lowest BCUT2D eigenvalue weighted by Crippen LogP contribution is -2.36. The maximum atomic E-state index is 12.9. The van der Waals surface area contributed by atoms with E-state index in [1.54, 1.807) is 12.1 Å². The first-order chi connectivity index (χ1) is 12.6. The van der Waals surface area contributed by atoms with Gasteiger partial charge in [0.25, 0.3) is 0 Å². The van der Waals surface area contributed by atoms with Crippen molar-refractivity contribution >= 4 is 11.7 Å². The van der Waals surface area contributed by atoms with Crippen LogP contribution in [0.1, 0.15) is 29.2 Å². The molecule has 0 N–H and O–H groups in total. The minimum atomic E-state index is -1.40. The maximum absolute atomic E-state index is 12.9. The van der Waals surface area contributed by atoms with E-state index >= 15 is 0 Å². The molecule has 1 fully saturated rings. The Balaban J connectivity index is 1.63. The molecule has 2 aromatic rings. The van der Waals surface area contributed by atoms with Crippen molar-refractivity contribution in [3.05, 3.63) is 53.7 Å². The van der Waals surface area contributed by atoms with Crippen LogP contribution in [0.4, 0.5) is 4.39 Å². The van der Waals surface area contributed by atoms with E-state index in [9.17, 15) is 19.2 Å². The molecule has 6 nitrogen and oxygen atoms in total. The Bertz CT molecular complexity index is 832. The van der Waals surface area contributed by atoms with Crippen LogP contribution in [-0.4, -0.2) is 29.7 Å². The van der Waals surface area contributed by atoms with E-state index in [-0.39, 0.29) is 18.2 Å². The van der Waals surface area contributed by atoms with Crippen LogP contribution in [-0.2, 0) is 11.4 Å². The summed E-state index contributed by atoms with van der Waals surface area (Å²) in [6.07, 6.45) is 1.76. The number of ether oxygens (including phenoxy) is 1. The fraction of sp³-hybridized carbons (Fsp3) is 0.316. The van der Waals surface area contributed by atoms with Crippen molar-refractivity contribution in [2.45, 2.75) is 19.4 Å². The molecule has 1 aliphatic heterocycles. The summed E-state index contributed by atoms with van der Waals surface area (Å²) in [6, 6.07) is 10.3. The van der Waals surface area contributed by atoms with E-state index in [1.165, 1.54) is 35.2 Å². The molecule has 3 rings (SSSR count). The quantitative estimate of drug-likeness (QED) is 0.587. The molecule has 26 heavy (non-hydrogen) atoms. The third-order valence-electron chi connectivity index (χ3n) is 4.16. The van der Waals surface area contributed by atoms with Crippen molar-refractivity contribution in [3.8, 4) is 11.8 Å². The summed E-state index contributed by atoms with van der Waals surface area (Å²) in [7, 11) is 0. The Hall–Kier alpha value is -3.14. The summed E-state index contributed by atoms with van der Waals surface area (Å²) in [5.74, 6) is -2.13. The maximum Gasteiger partial charge on any atom is 0.248 e. The molecule has 0 bridgehead atoms. The molecular formula is C19H17FN2O4. The summed E-state index contributed by atoms with van der Waals surface area (Å²) < 4.78 is 23.7. The Kier molecular flexibility index (Phi) is 5.32. The zero-order valence-electron chi connectivity index (χ0n) is 14.0. The molecule has 7 heteroatoms. The van der Waals surface area contributed by atoms with Crippen LogP contribution in [0.25, 0.3) is 0 Å². The first-order valence-electron chi connectivity index (χ1n) is 8.28. The Morgan fingerprint density at radius 1 is 1.19 bits per heavy atom. The molecule has 1 aromatic heterocycles. The number of carbonyl (C=O) groups is 2. The van der Waals surface area contributed by atoms with Gasteiger partial charge >= 0.3 is 0 Å². The van der Waals surface area contributed by atoms with Crippen LogP contribution in [0.2, 0.25) is 0 Å². The fourth-order valence-corrected chi connectivity index (χ4v) is 2.76. The van der Waals surface area contributed by atoms with Gasteiger partial charge in [-0.05, 0) is 49.2 Å². The van der Waals surface area contributed by atoms with Crippen molar-refractivity contribution in [2.24, 2.45) is 5.92 Å². The van der Waals surface area contributed by atoms with E-state index in [1.807, 2.05) is 0 Å². The van der Waals surface area contributed by atoms with E-state index in [0.717, 1.165) is 12.8 Å². The van der Waals surface area contributed by atoms with Crippen molar-refractivity contribution in [1.82, 2.24) is 4.90 Å². The van der Waals surface area contributed by atoms with Crippen molar-refractivity contribution in [3.63, 3.8) is 0 Å². The first-order valence-corrected chi connectivity index (χ1v) is 8.28. The zero-order chi connectivity index (χ0) is 18.5. The smallest absolute Gasteiger partial charge is 0.248 e. The van der Waals surface area contributed by atoms with Gasteiger partial charge in [0.05, 0.1) is 6.07 Å². The Labute approximate surface area is 149 Å². The molecule has 0 unspecified atom stereocenters. The molecule has 1 amide bonds. The predicted molar refractivity (Wildman–Crippen MR) is 88.7 cm³/mol. The molecule has 1 aromatic carbocycles. The summed E-state index contributed by atoms with van der Waals surface area (Å²) in [6.45, 7) is 1.18. The van der Waals surface area contributed by atoms with Crippen LogP contribution in [0, 0.1) is 23.1 Å². The lowest BCUT2D eigenvalue weighted by atomic mass is 10.0. The van der Waals surface area contributed by atoms with Gasteiger partial charge < -0.3 is 14.1 Å². The van der Waals surface area contributed by atoms with Gasteiger partial charge in [0.1, 0.15) is 23.9 Å². The molecule has 1 aliphatic rings. The minimum Gasteiger partial charge on any atom is -0.486 e. The van der Waals surface area contributed by atoms with Gasteiger partial charge in [-0.2, -0.15) is 5.26 Å². The molecule has 0 saturated carbocycles. The topological polar surface area (TPSA) is 83.5 Å². The summed E-state index contributed by atoms with van der Waals surface area (Å²) in [5.41, 5.74) is 0. The first kappa shape index (κ1) is 17.7. The SMILES string of the molecule is N#C[C@@H](C(=O)c1ccc(COc2ccc(F)cc2)o1)C(=O)N1CCCC1. The highest BCUT2D eigenvalue weighted by Gasteiger charge is 2.34. The number of nitriles is 1. The van der Waals surface area contributed by atoms with Gasteiger partial charge in [-0.3, -0.25) is 9.59 Å². The van der Waals surface area contributed by atoms with Crippen LogP contribution in [0.3, 0.4) is 0 Å². The number of halogens is 1. The van der Waals surface area contributed by atoms with E-state index in [2.05, 4.69) is 0 Å². The average molecular weight is 356 g/mol. The highest BCUT2D eigenvalue weighted by atomic mass is 19.1. The predicted octanol–water partition coefficient (Wildman–Crippen LogP) is 2.94. The van der Waals surface area contributed by atoms with Gasteiger partial charge in [0.2, 0.25) is 11.7 Å². The number of Topliss-reactive ketones (excluding diaryl/α,β-unsaturated/α-hetero) is 1. The number of hydrogen-bond acceptors (Lipinski definition) is 5. The number of benzene rings is 1. The minimum absolute atomic E-state index is 0.0379. The number of rotatable bonds is 6. The Morgan fingerprint density at radius 3 is 2.54 bits per heavy atom. The average Bonchev–Trinajstić information content (AvgIpc) is 3.33. The third-order valence-corrected chi connectivity index (χ3v) is 4.16. The molecule has 0 spiro atoms. The number of carbonyl (C=O) groups excluding carboxylic acids is 2. The van der Waals surface area contributed by atoms with E-state index in [4.69, 9.17) is 9.15 Å². The number of amides is 1. The van der Waals surface area contributed by atoms with Gasteiger partial charge in [0.15, 0.2) is 11.7 Å². The van der Waals surface area contributed by atoms with E-state index in [0.29, 0.717) is 24.6 Å². The van der Waals surface area contributed by atoms with Gasteiger partial charge in [-0.1, -0.05) is 0 Å². The van der Waals surface area contributed by atoms with Crippen LogP contribution in [0.5, 0.6) is 5.75 Å². The van der Waals surface area contributed by atoms with Crippen molar-refractivity contribution < 1.29 is 23.1 Å². The molecule has 0 radical (unpaired) electrons. The Morgan fingerprint density at radius 2 is 1.88 bits per heavy atom. The molecule has 1 saturated heterocycles. The standard InChI is InChI=1S/C19H17FN2O4/c20-13-3-5-14(6-4-13)25-12-15-7-8-17(26-15)18(23)16(11-21)19(24)22-9-1-2-10-22/h3-8,16H,1-2,9-10,12H2/t16-/m0/s1. The summed E-state index contributed by atoms with van der Waals surface area (Å²) in [4.78, 5) is 26.3. The van der Waals surface area contributed by atoms with Crippen LogP contribution >= 0.6 is 0 Å². The molecule has 134 valence electrons. The van der Waals surface area contributed by atoms with Gasteiger partial charge in [-0.15, -0.1) is 0 Å². The fourth-order valence-electron chi connectivity index (χ4n) is 2.76. The van der Waals surface area contributed by atoms with Gasteiger partial charge in [-0.25, -0.2) is 4.39 Å². The molecule has 2 heterocycles. The molecule has 1 atom stereocenters. The zero-order valence-corrected chi connectivity index (χ0v) is 14.0. The van der Waals surface area contributed by atoms with E-state index < -0.39 is 17.6 Å². The van der Waals surface area contributed by atoms with Crippen molar-refractivity contribution in [1.29, 1.82) is 5.26 Å². The lowest BCUT2D eigenvalue weighted by molar-refractivity contribution is -0.131. The number of likely N-dealkylation sites (tertiary alicyclic amines) is 1. The largest absolute Gasteiger partial charge is 0.486 e. The number of hydrogen-bond donors (Lipinski definition) is 0. The normalized spacial score (nSPS) is 14.7. The van der Waals surface area contributed by atoms with Crippen molar-refractivity contribution in [2.75, 3.05) is 13.1 Å².